The van der Waals surface area contributed by atoms with Gasteiger partial charge in [0, 0.05) is 29.9 Å². The number of hydrogen-bond acceptors (Lipinski definition) is 7. The minimum absolute atomic E-state index is 0.332. The fourth-order valence-corrected chi connectivity index (χ4v) is 2.09. The van der Waals surface area contributed by atoms with Gasteiger partial charge in [-0.3, -0.25) is 0 Å². The second-order valence-corrected chi connectivity index (χ2v) is 5.09. The monoisotopic (exact) mass is 356 g/mol. The van der Waals surface area contributed by atoms with Crippen molar-refractivity contribution in [2.45, 2.75) is 6.54 Å². The molecule has 1 aromatic carbocycles. The third kappa shape index (κ3) is 5.00. The third-order valence-electron chi connectivity index (χ3n) is 2.58. The Morgan fingerprint density at radius 1 is 1.24 bits per heavy atom. The summed E-state index contributed by atoms with van der Waals surface area (Å²) in [6, 6.07) is 5.93. The topological polar surface area (TPSA) is 81.4 Å². The van der Waals surface area contributed by atoms with Gasteiger partial charge in [-0.1, -0.05) is 21.0 Å². The molecule has 0 aliphatic rings. The van der Waals surface area contributed by atoms with Crippen molar-refractivity contribution in [1.29, 1.82) is 0 Å². The predicted molar refractivity (Wildman–Crippen MR) is 81.9 cm³/mol. The first kappa shape index (κ1) is 15.7. The normalized spacial score (nSPS) is 10.6. The van der Waals surface area contributed by atoms with Gasteiger partial charge in [0.1, 0.15) is 5.75 Å². The Morgan fingerprint density at radius 2 is 2.10 bits per heavy atom. The standard InChI is InChI=1S/C13H17BrN4O3/c1-19-4-3-15-8-12-17-18-13(21-12)16-10-5-9(14)6-11(7-10)20-2/h5-7,15H,3-4,8H2,1-2H3,(H,16,18). The second kappa shape index (κ2) is 7.96. The van der Waals surface area contributed by atoms with Crippen LogP contribution in [-0.2, 0) is 11.3 Å². The van der Waals surface area contributed by atoms with E-state index in [1.807, 2.05) is 18.2 Å². The summed E-state index contributed by atoms with van der Waals surface area (Å²) in [4.78, 5) is 0. The second-order valence-electron chi connectivity index (χ2n) is 4.18. The van der Waals surface area contributed by atoms with Crippen molar-refractivity contribution in [2.75, 3.05) is 32.7 Å². The van der Waals surface area contributed by atoms with Gasteiger partial charge >= 0.3 is 6.01 Å². The summed E-state index contributed by atoms with van der Waals surface area (Å²) < 4.78 is 16.5. The van der Waals surface area contributed by atoms with E-state index < -0.39 is 0 Å². The average molecular weight is 357 g/mol. The number of rotatable bonds is 8. The molecule has 2 rings (SSSR count). The maximum Gasteiger partial charge on any atom is 0.320 e. The van der Waals surface area contributed by atoms with E-state index in [1.165, 1.54) is 0 Å². The maximum absolute atomic E-state index is 5.49. The molecular formula is C13H17BrN4O3. The highest BCUT2D eigenvalue weighted by atomic mass is 79.9. The summed E-state index contributed by atoms with van der Waals surface area (Å²) >= 11 is 3.41. The van der Waals surface area contributed by atoms with Crippen molar-refractivity contribution in [3.05, 3.63) is 28.6 Å². The molecule has 114 valence electrons. The quantitative estimate of drug-likeness (QED) is 0.702. The molecule has 7 nitrogen and oxygen atoms in total. The fourth-order valence-electron chi connectivity index (χ4n) is 1.62. The first-order valence-electron chi connectivity index (χ1n) is 6.35. The number of nitrogens with one attached hydrogen (secondary N) is 2. The third-order valence-corrected chi connectivity index (χ3v) is 3.04. The highest BCUT2D eigenvalue weighted by Gasteiger charge is 2.07. The molecule has 0 fully saturated rings. The van der Waals surface area contributed by atoms with E-state index in [2.05, 4.69) is 36.8 Å². The Morgan fingerprint density at radius 3 is 2.86 bits per heavy atom. The molecule has 2 aromatic rings. The van der Waals surface area contributed by atoms with Crippen LogP contribution in [0, 0.1) is 0 Å². The lowest BCUT2D eigenvalue weighted by atomic mass is 10.3. The largest absolute Gasteiger partial charge is 0.497 e. The van der Waals surface area contributed by atoms with Gasteiger partial charge in [-0.15, -0.1) is 5.10 Å². The van der Waals surface area contributed by atoms with Crippen LogP contribution in [0.5, 0.6) is 5.75 Å². The lowest BCUT2D eigenvalue weighted by Gasteiger charge is -2.05. The Hall–Kier alpha value is -1.64. The van der Waals surface area contributed by atoms with Crippen molar-refractivity contribution >= 4 is 27.6 Å². The van der Waals surface area contributed by atoms with Gasteiger partial charge in [-0.05, 0) is 12.1 Å². The summed E-state index contributed by atoms with van der Waals surface area (Å²) in [6.07, 6.45) is 0. The Bertz CT molecular complexity index is 576. The number of halogens is 1. The Kier molecular flexibility index (Phi) is 5.97. The molecule has 0 amide bonds. The highest BCUT2D eigenvalue weighted by Crippen LogP contribution is 2.26. The summed E-state index contributed by atoms with van der Waals surface area (Å²) in [5.74, 6) is 1.24. The summed E-state index contributed by atoms with van der Waals surface area (Å²) in [6.45, 7) is 1.86. The minimum Gasteiger partial charge on any atom is -0.497 e. The Labute approximate surface area is 131 Å². The van der Waals surface area contributed by atoms with Crippen molar-refractivity contribution in [3.8, 4) is 5.75 Å². The number of nitrogens with zero attached hydrogens (tertiary/aromatic N) is 2. The maximum atomic E-state index is 5.49. The van der Waals surface area contributed by atoms with Crippen molar-refractivity contribution in [2.24, 2.45) is 0 Å². The smallest absolute Gasteiger partial charge is 0.320 e. The molecule has 0 bridgehead atoms. The van der Waals surface area contributed by atoms with Crippen LogP contribution in [0.2, 0.25) is 0 Å². The average Bonchev–Trinajstić information content (AvgIpc) is 2.90. The molecule has 0 radical (unpaired) electrons. The number of ether oxygens (including phenoxy) is 2. The SMILES string of the molecule is COCCNCc1nnc(Nc2cc(Br)cc(OC)c2)o1. The van der Waals surface area contributed by atoms with E-state index >= 15 is 0 Å². The minimum atomic E-state index is 0.332. The van der Waals surface area contributed by atoms with Crippen molar-refractivity contribution in [1.82, 2.24) is 15.5 Å². The summed E-state index contributed by atoms with van der Waals surface area (Å²) in [7, 11) is 3.27. The van der Waals surface area contributed by atoms with Gasteiger partial charge in [-0.25, -0.2) is 0 Å². The van der Waals surface area contributed by atoms with Crippen LogP contribution in [0.15, 0.2) is 27.1 Å². The van der Waals surface area contributed by atoms with Gasteiger partial charge in [-0.2, -0.15) is 0 Å². The van der Waals surface area contributed by atoms with Crippen LogP contribution in [0.3, 0.4) is 0 Å². The molecule has 0 aliphatic heterocycles. The highest BCUT2D eigenvalue weighted by molar-refractivity contribution is 9.10. The molecule has 1 heterocycles. The zero-order valence-corrected chi connectivity index (χ0v) is 13.4. The zero-order chi connectivity index (χ0) is 15.1. The van der Waals surface area contributed by atoms with E-state index in [1.54, 1.807) is 14.2 Å². The Balaban J connectivity index is 1.94. The van der Waals surface area contributed by atoms with E-state index in [-0.39, 0.29) is 0 Å². The van der Waals surface area contributed by atoms with E-state index in [4.69, 9.17) is 13.9 Å². The van der Waals surface area contributed by atoms with Gasteiger partial charge in [0.2, 0.25) is 5.89 Å². The summed E-state index contributed by atoms with van der Waals surface area (Å²) in [5, 5.41) is 14.1. The predicted octanol–water partition coefficient (Wildman–Crippen LogP) is 2.32. The van der Waals surface area contributed by atoms with Crippen molar-refractivity contribution in [3.63, 3.8) is 0 Å². The number of methoxy groups -OCH3 is 2. The van der Waals surface area contributed by atoms with Crippen LogP contribution >= 0.6 is 15.9 Å². The first-order chi connectivity index (χ1) is 10.2. The molecule has 0 aliphatic carbocycles. The number of hydrogen-bond donors (Lipinski definition) is 2. The molecule has 8 heteroatoms. The number of anilines is 2. The lowest BCUT2D eigenvalue weighted by molar-refractivity contribution is 0.198. The van der Waals surface area contributed by atoms with Gasteiger partial charge in [0.05, 0.1) is 20.3 Å². The van der Waals surface area contributed by atoms with E-state index in [9.17, 15) is 0 Å². The molecule has 0 saturated heterocycles. The fraction of sp³-hybridized carbons (Fsp3) is 0.385. The zero-order valence-electron chi connectivity index (χ0n) is 11.9. The van der Waals surface area contributed by atoms with Crippen LogP contribution in [0.4, 0.5) is 11.7 Å². The molecular weight excluding hydrogens is 340 g/mol. The van der Waals surface area contributed by atoms with Crippen LogP contribution in [0.25, 0.3) is 0 Å². The van der Waals surface area contributed by atoms with Gasteiger partial charge < -0.3 is 24.5 Å². The number of aromatic nitrogens is 2. The molecule has 0 saturated carbocycles. The van der Waals surface area contributed by atoms with E-state index in [0.717, 1.165) is 22.5 Å². The van der Waals surface area contributed by atoms with Crippen LogP contribution in [-0.4, -0.2) is 37.6 Å². The lowest BCUT2D eigenvalue weighted by Crippen LogP contribution is -2.18. The first-order valence-corrected chi connectivity index (χ1v) is 7.14. The van der Waals surface area contributed by atoms with Gasteiger partial charge in [0.15, 0.2) is 0 Å². The van der Waals surface area contributed by atoms with Gasteiger partial charge in [0.25, 0.3) is 0 Å². The van der Waals surface area contributed by atoms with Crippen LogP contribution < -0.4 is 15.4 Å². The molecule has 1 aromatic heterocycles. The molecule has 0 spiro atoms. The van der Waals surface area contributed by atoms with E-state index in [0.29, 0.717) is 25.1 Å². The number of benzene rings is 1. The van der Waals surface area contributed by atoms with Crippen LogP contribution in [0.1, 0.15) is 5.89 Å². The summed E-state index contributed by atoms with van der Waals surface area (Å²) in [5.41, 5.74) is 0.795. The molecule has 2 N–H and O–H groups in total. The molecule has 0 unspecified atom stereocenters. The molecule has 21 heavy (non-hydrogen) atoms. The molecule has 0 atom stereocenters. The van der Waals surface area contributed by atoms with Crippen molar-refractivity contribution < 1.29 is 13.9 Å².